The van der Waals surface area contributed by atoms with Gasteiger partial charge in [0.25, 0.3) is 0 Å². The van der Waals surface area contributed by atoms with Crippen LogP contribution in [-0.2, 0) is 20.0 Å². The fourth-order valence-corrected chi connectivity index (χ4v) is 47.8. The largest absolute Gasteiger partial charge is 1.00 e. The second kappa shape index (κ2) is 14.7. The molecule has 0 N–H and O–H groups in total. The zero-order valence-electron chi connectivity index (χ0n) is 33.8. The molecular weight excluding hydrogens is 850 g/mol. The van der Waals surface area contributed by atoms with E-state index in [0.29, 0.717) is 19.2 Å². The molecule has 0 nitrogen and oxygen atoms in total. The Balaban J connectivity index is 0.00000240. The van der Waals surface area contributed by atoms with Crippen molar-refractivity contribution in [3.63, 3.8) is 0 Å². The van der Waals surface area contributed by atoms with Crippen LogP contribution < -0.4 is 24.8 Å². The second-order valence-corrected chi connectivity index (χ2v) is 35.9. The Bertz CT molecular complexity index is 1880. The number of fused-ring (bicyclic) bond motifs is 3. The molecule has 4 atom stereocenters. The van der Waals surface area contributed by atoms with Crippen molar-refractivity contribution in [3.8, 4) is 22.3 Å². The molecule has 53 heavy (non-hydrogen) atoms. The average Bonchev–Trinajstić information content (AvgIpc) is 3.36. The molecule has 1 saturated carbocycles. The molecule has 0 amide bonds. The Kier molecular flexibility index (Phi) is 11.2. The molecule has 4 unspecified atom stereocenters. The van der Waals surface area contributed by atoms with Crippen molar-refractivity contribution in [1.29, 1.82) is 0 Å². The van der Waals surface area contributed by atoms with Gasteiger partial charge in [-0.05, 0) is 0 Å². The molecule has 4 aromatic carbocycles. The summed E-state index contributed by atoms with van der Waals surface area (Å²) in [6, 6.07) is 33.8. The zero-order chi connectivity index (χ0) is 36.0. The fraction of sp³-hybridized carbons (Fsp3) is 0.440. The van der Waals surface area contributed by atoms with Crippen LogP contribution in [0.5, 0.6) is 0 Å². The number of rotatable bonds is 6. The van der Waals surface area contributed by atoms with Crippen LogP contribution in [0.4, 0.5) is 0 Å². The molecule has 3 heteroatoms. The molecule has 4 aromatic rings. The summed E-state index contributed by atoms with van der Waals surface area (Å²) in [5.41, 5.74) is 18.6. The fourth-order valence-electron chi connectivity index (χ4n) is 11.0. The van der Waals surface area contributed by atoms with Crippen LogP contribution in [0, 0.1) is 10.8 Å². The quantitative estimate of drug-likeness (QED) is 0.170. The first-order valence-corrected chi connectivity index (χ1v) is 28.4. The van der Waals surface area contributed by atoms with E-state index in [0.717, 1.165) is 7.35 Å². The first-order chi connectivity index (χ1) is 24.2. The van der Waals surface area contributed by atoms with Gasteiger partial charge in [-0.3, -0.25) is 0 Å². The minimum absolute atomic E-state index is 0. The Morgan fingerprint density at radius 2 is 0.868 bits per heavy atom. The van der Waals surface area contributed by atoms with Gasteiger partial charge < -0.3 is 24.8 Å². The molecule has 1 saturated heterocycles. The molecule has 278 valence electrons. The molecule has 0 spiro atoms. The van der Waals surface area contributed by atoms with E-state index in [-0.39, 0.29) is 35.6 Å². The van der Waals surface area contributed by atoms with Gasteiger partial charge in [0.2, 0.25) is 0 Å². The second-order valence-electron chi connectivity index (χ2n) is 19.2. The summed E-state index contributed by atoms with van der Waals surface area (Å²) in [6.45, 7) is 24.3. The van der Waals surface area contributed by atoms with E-state index < -0.39 is 20.0 Å². The minimum Gasteiger partial charge on any atom is -1.00 e. The van der Waals surface area contributed by atoms with Gasteiger partial charge in [0.15, 0.2) is 0 Å². The monoisotopic (exact) mass is 910 g/mol. The van der Waals surface area contributed by atoms with Crippen molar-refractivity contribution in [2.75, 3.05) is 0 Å². The van der Waals surface area contributed by atoms with Crippen molar-refractivity contribution in [3.05, 3.63) is 129 Å². The van der Waals surface area contributed by atoms with Gasteiger partial charge in [-0.1, -0.05) is 0 Å². The predicted molar refractivity (Wildman–Crippen MR) is 218 cm³/mol. The maximum absolute atomic E-state index is 3.41. The summed E-state index contributed by atoms with van der Waals surface area (Å²) in [4.78, 5) is 0. The van der Waals surface area contributed by atoms with Crippen molar-refractivity contribution < 1.29 is 44.8 Å². The van der Waals surface area contributed by atoms with Gasteiger partial charge in [-0.15, -0.1) is 0 Å². The standard InChI is InChI=1S/2C22H25.C6H10.2ClH.Hf/c2*1-15(2)16-9-11-17(12-10-16)20-8-6-7-18-13-19(14-21(18)20)22(3,4)5;1-2-4-6-5-3-1;;;/h2*6-15H,1-5H3;1-2H,3-6H2;2*1H;/q;;;;;+2/p-2. The summed E-state index contributed by atoms with van der Waals surface area (Å²) < 4.78 is 3.20. The van der Waals surface area contributed by atoms with Crippen molar-refractivity contribution in [2.24, 2.45) is 10.8 Å². The predicted octanol–water partition coefficient (Wildman–Crippen LogP) is 9.26. The van der Waals surface area contributed by atoms with E-state index in [1.54, 1.807) is 22.3 Å². The van der Waals surface area contributed by atoms with E-state index >= 15 is 0 Å². The van der Waals surface area contributed by atoms with E-state index in [1.165, 1.54) is 70.2 Å². The Morgan fingerprint density at radius 3 is 1.19 bits per heavy atom. The number of hydrogen-bond donors (Lipinski definition) is 0. The molecular formula is C50H60Cl2Hf. The third-order valence-corrected chi connectivity index (χ3v) is 38.0. The normalized spacial score (nSPS) is 23.2. The number of hydrogen-bond acceptors (Lipinski definition) is 0. The van der Waals surface area contributed by atoms with E-state index in [1.807, 2.05) is 0 Å². The van der Waals surface area contributed by atoms with Crippen LogP contribution in [0.25, 0.3) is 34.4 Å². The Morgan fingerprint density at radius 1 is 0.509 bits per heavy atom. The van der Waals surface area contributed by atoms with Crippen molar-refractivity contribution in [2.45, 2.75) is 121 Å². The van der Waals surface area contributed by atoms with Crippen LogP contribution >= 0.6 is 0 Å². The maximum Gasteiger partial charge on any atom is -1.00 e. The summed E-state index contributed by atoms with van der Waals surface area (Å²) in [5, 5.41) is 0. The van der Waals surface area contributed by atoms with Crippen LogP contribution in [-0.4, -0.2) is 0 Å². The molecule has 3 aliphatic carbocycles. The SMILES string of the molecule is CC(C)c1ccc(-c2cccc3c2C=C(C(C)(C)C)[CH]3[Hf+2]2([CH]3C(C(C)(C)C)=Cc4c(-c5ccc(C(C)C)cc5)cccc43)[CH]3CCCC[CH]32)cc1.[Cl-].[Cl-]. The Hall–Kier alpha value is -2.19. The molecule has 1 heterocycles. The summed E-state index contributed by atoms with van der Waals surface area (Å²) >= 11 is -3.41. The van der Waals surface area contributed by atoms with Crippen LogP contribution in [0.15, 0.2) is 96.1 Å². The number of allylic oxidation sites excluding steroid dienone is 2. The molecule has 0 radical (unpaired) electrons. The summed E-state index contributed by atoms with van der Waals surface area (Å²) in [7, 11) is 0. The molecule has 1 aliphatic heterocycles. The third kappa shape index (κ3) is 6.65. The van der Waals surface area contributed by atoms with Crippen molar-refractivity contribution >= 4 is 12.2 Å². The molecule has 0 bridgehead atoms. The van der Waals surface area contributed by atoms with Gasteiger partial charge in [-0.25, -0.2) is 0 Å². The summed E-state index contributed by atoms with van der Waals surface area (Å²) in [5.74, 6) is 1.09. The maximum atomic E-state index is 2.72. The van der Waals surface area contributed by atoms with E-state index in [2.05, 4.69) is 166 Å². The van der Waals surface area contributed by atoms with Gasteiger partial charge >= 0.3 is 316 Å². The number of benzene rings is 4. The van der Waals surface area contributed by atoms with Gasteiger partial charge in [0.05, 0.1) is 0 Å². The topological polar surface area (TPSA) is 0 Å². The average molecular weight is 910 g/mol. The number of halogens is 2. The van der Waals surface area contributed by atoms with Gasteiger partial charge in [-0.2, -0.15) is 0 Å². The summed E-state index contributed by atoms with van der Waals surface area (Å²) in [6.07, 6.45) is 11.2. The smallest absolute Gasteiger partial charge is 1.00 e. The zero-order valence-corrected chi connectivity index (χ0v) is 38.9. The van der Waals surface area contributed by atoms with Gasteiger partial charge in [0.1, 0.15) is 0 Å². The van der Waals surface area contributed by atoms with Crippen LogP contribution in [0.2, 0.25) is 7.35 Å². The third-order valence-electron chi connectivity index (χ3n) is 13.6. The Labute approximate surface area is 338 Å². The van der Waals surface area contributed by atoms with E-state index in [4.69, 9.17) is 0 Å². The van der Waals surface area contributed by atoms with Crippen LogP contribution in [0.3, 0.4) is 0 Å². The van der Waals surface area contributed by atoms with Gasteiger partial charge in [0, 0.05) is 0 Å². The van der Waals surface area contributed by atoms with Crippen molar-refractivity contribution in [1.82, 2.24) is 0 Å². The molecule has 2 fully saturated rings. The first-order valence-electron chi connectivity index (χ1n) is 20.1. The first kappa shape index (κ1) is 40.5. The van der Waals surface area contributed by atoms with Crippen LogP contribution in [0.1, 0.15) is 147 Å². The molecule has 0 aromatic heterocycles. The van der Waals surface area contributed by atoms with E-state index in [9.17, 15) is 0 Å². The molecule has 4 aliphatic rings. The minimum atomic E-state index is -3.41. The molecule has 8 rings (SSSR count).